The molecule has 1 aromatic heterocycles. The van der Waals surface area contributed by atoms with Crippen molar-refractivity contribution in [3.63, 3.8) is 0 Å². The van der Waals surface area contributed by atoms with Gasteiger partial charge in [0, 0.05) is 25.0 Å². The van der Waals surface area contributed by atoms with E-state index in [1.54, 1.807) is 0 Å². The highest BCUT2D eigenvalue weighted by molar-refractivity contribution is 5.69. The number of nitrogens with two attached hydrogens (primary N) is 1. The third-order valence-electron chi connectivity index (χ3n) is 5.96. The van der Waals surface area contributed by atoms with Gasteiger partial charge < -0.3 is 10.5 Å². The minimum atomic E-state index is -0.0748. The summed E-state index contributed by atoms with van der Waals surface area (Å²) in [6.07, 6.45) is 25.3. The van der Waals surface area contributed by atoms with E-state index in [2.05, 4.69) is 11.5 Å². The molecule has 0 spiro atoms. The van der Waals surface area contributed by atoms with Gasteiger partial charge in [0.1, 0.15) is 0 Å². The molecule has 0 aliphatic heterocycles. The summed E-state index contributed by atoms with van der Waals surface area (Å²) in [5, 5.41) is 0. The van der Waals surface area contributed by atoms with Gasteiger partial charge in [0.25, 0.3) is 0 Å². The van der Waals surface area contributed by atoms with Crippen LogP contribution in [0.4, 0.5) is 0 Å². The van der Waals surface area contributed by atoms with Crippen LogP contribution >= 0.6 is 0 Å². The molecule has 0 saturated heterocycles. The first-order valence-electron chi connectivity index (χ1n) is 13.1. The molecule has 4 heteroatoms. The van der Waals surface area contributed by atoms with Gasteiger partial charge in [-0.3, -0.25) is 4.79 Å². The van der Waals surface area contributed by atoms with Gasteiger partial charge in [0.15, 0.2) is 18.9 Å². The number of hydrogen-bond acceptors (Lipinski definition) is 3. The van der Waals surface area contributed by atoms with Crippen molar-refractivity contribution in [1.29, 1.82) is 0 Å². The number of rotatable bonds is 21. The molecule has 4 nitrogen and oxygen atoms in total. The number of pyridine rings is 1. The summed E-state index contributed by atoms with van der Waals surface area (Å²) in [4.78, 5) is 11.8. The molecule has 0 amide bonds. The average molecular weight is 434 g/mol. The monoisotopic (exact) mass is 433 g/mol. The van der Waals surface area contributed by atoms with Crippen LogP contribution in [0.3, 0.4) is 0 Å². The molecule has 2 N–H and O–H groups in total. The summed E-state index contributed by atoms with van der Waals surface area (Å²) < 4.78 is 7.40. The van der Waals surface area contributed by atoms with Gasteiger partial charge in [0.05, 0.1) is 12.6 Å². The van der Waals surface area contributed by atoms with Crippen LogP contribution < -0.4 is 10.3 Å². The van der Waals surface area contributed by atoms with Gasteiger partial charge in [0.2, 0.25) is 0 Å². The van der Waals surface area contributed by atoms with Crippen LogP contribution in [0.2, 0.25) is 0 Å². The van der Waals surface area contributed by atoms with Crippen molar-refractivity contribution in [3.8, 4) is 0 Å². The Morgan fingerprint density at radius 3 is 1.77 bits per heavy atom. The third-order valence-corrected chi connectivity index (χ3v) is 5.96. The standard InChI is InChI=1S/C27H49N2O2/c1-2-3-4-5-6-7-8-9-10-11-12-13-14-15-17-20-27(30)31-24-21-26(28)25-29-22-18-16-19-23-29/h16,18-19,22-23,26H,2-15,17,20-21,24-25,28H2,1H3/q+1. The van der Waals surface area contributed by atoms with Crippen LogP contribution in [-0.2, 0) is 16.1 Å². The summed E-state index contributed by atoms with van der Waals surface area (Å²) >= 11 is 0. The number of carbonyl (C=O) groups is 1. The fourth-order valence-corrected chi connectivity index (χ4v) is 3.96. The molecule has 1 rings (SSSR count). The maximum Gasteiger partial charge on any atom is 0.305 e. The van der Waals surface area contributed by atoms with E-state index >= 15 is 0 Å². The van der Waals surface area contributed by atoms with Crippen LogP contribution in [0.5, 0.6) is 0 Å². The highest BCUT2D eigenvalue weighted by Crippen LogP contribution is 2.13. The number of nitrogens with zero attached hydrogens (tertiary/aromatic N) is 1. The molecular weight excluding hydrogens is 384 g/mol. The minimum absolute atomic E-state index is 0.00555. The molecule has 1 unspecified atom stereocenters. The zero-order valence-electron chi connectivity index (χ0n) is 20.2. The normalized spacial score (nSPS) is 12.1. The quantitative estimate of drug-likeness (QED) is 0.137. The Labute approximate surface area is 192 Å². The lowest BCUT2D eigenvalue weighted by Crippen LogP contribution is -2.43. The van der Waals surface area contributed by atoms with E-state index in [1.807, 2.05) is 30.6 Å². The van der Waals surface area contributed by atoms with Crippen molar-refractivity contribution >= 4 is 5.97 Å². The van der Waals surface area contributed by atoms with Gasteiger partial charge in [-0.05, 0) is 6.42 Å². The molecule has 0 saturated carbocycles. The summed E-state index contributed by atoms with van der Waals surface area (Å²) in [7, 11) is 0. The Kier molecular flexibility index (Phi) is 18.2. The van der Waals surface area contributed by atoms with Crippen LogP contribution in [0, 0.1) is 0 Å². The lowest BCUT2D eigenvalue weighted by molar-refractivity contribution is -0.698. The lowest BCUT2D eigenvalue weighted by atomic mass is 10.0. The SMILES string of the molecule is CCCCCCCCCCCCCCCCCC(=O)OCCC(N)C[n+]1ccccc1. The van der Waals surface area contributed by atoms with Crippen LogP contribution in [0.1, 0.15) is 116 Å². The summed E-state index contributed by atoms with van der Waals surface area (Å²) in [5.41, 5.74) is 6.12. The zero-order valence-corrected chi connectivity index (χ0v) is 20.2. The number of unbranched alkanes of at least 4 members (excludes halogenated alkanes) is 14. The Morgan fingerprint density at radius 2 is 1.26 bits per heavy atom. The van der Waals surface area contributed by atoms with Crippen LogP contribution in [0.25, 0.3) is 0 Å². The number of esters is 1. The smallest absolute Gasteiger partial charge is 0.305 e. The number of hydrogen-bond donors (Lipinski definition) is 1. The second kappa shape index (κ2) is 20.5. The van der Waals surface area contributed by atoms with Gasteiger partial charge in [-0.2, -0.15) is 0 Å². The highest BCUT2D eigenvalue weighted by Gasteiger charge is 2.10. The van der Waals surface area contributed by atoms with Crippen molar-refractivity contribution in [3.05, 3.63) is 30.6 Å². The molecule has 31 heavy (non-hydrogen) atoms. The fraction of sp³-hybridized carbons (Fsp3) is 0.778. The van der Waals surface area contributed by atoms with Gasteiger partial charge >= 0.3 is 5.97 Å². The summed E-state index contributed by atoms with van der Waals surface area (Å²) in [5.74, 6) is -0.0748. The molecule has 1 atom stereocenters. The second-order valence-corrected chi connectivity index (χ2v) is 9.04. The van der Waals surface area contributed by atoms with Gasteiger partial charge in [-0.1, -0.05) is 103 Å². The molecule has 1 aromatic rings. The van der Waals surface area contributed by atoms with E-state index in [4.69, 9.17) is 10.5 Å². The van der Waals surface area contributed by atoms with E-state index in [9.17, 15) is 4.79 Å². The topological polar surface area (TPSA) is 56.2 Å². The molecule has 0 aliphatic carbocycles. The maximum atomic E-state index is 11.8. The van der Waals surface area contributed by atoms with Gasteiger partial charge in [-0.25, -0.2) is 4.57 Å². The van der Waals surface area contributed by atoms with E-state index < -0.39 is 0 Å². The van der Waals surface area contributed by atoms with Crippen molar-refractivity contribution in [2.45, 2.75) is 129 Å². The van der Waals surface area contributed by atoms with Gasteiger partial charge in [-0.15, -0.1) is 0 Å². The highest BCUT2D eigenvalue weighted by atomic mass is 16.5. The molecule has 0 aliphatic rings. The maximum absolute atomic E-state index is 11.8. The number of aromatic nitrogens is 1. The van der Waals surface area contributed by atoms with Crippen molar-refractivity contribution in [2.75, 3.05) is 6.61 Å². The van der Waals surface area contributed by atoms with Crippen LogP contribution in [-0.4, -0.2) is 18.6 Å². The second-order valence-electron chi connectivity index (χ2n) is 9.04. The Balaban J connectivity index is 1.80. The van der Waals surface area contributed by atoms with Crippen molar-refractivity contribution in [1.82, 2.24) is 0 Å². The molecule has 178 valence electrons. The first-order valence-corrected chi connectivity index (χ1v) is 13.1. The first-order chi connectivity index (χ1) is 15.2. The molecule has 0 aromatic carbocycles. The average Bonchev–Trinajstić information content (AvgIpc) is 2.77. The molecule has 1 heterocycles. The number of ether oxygens (including phenoxy) is 1. The molecule has 0 bridgehead atoms. The third kappa shape index (κ3) is 17.9. The van der Waals surface area contributed by atoms with E-state index in [0.29, 0.717) is 19.4 Å². The predicted octanol–water partition coefficient (Wildman–Crippen LogP) is 6.50. The summed E-state index contributed by atoms with van der Waals surface area (Å²) in [6, 6.07) is 5.97. The van der Waals surface area contributed by atoms with E-state index in [-0.39, 0.29) is 12.0 Å². The minimum Gasteiger partial charge on any atom is -0.466 e. The van der Waals surface area contributed by atoms with Crippen molar-refractivity contribution in [2.24, 2.45) is 5.73 Å². The fourth-order valence-electron chi connectivity index (χ4n) is 3.96. The Bertz CT molecular complexity index is 521. The Hall–Kier alpha value is -1.42. The Morgan fingerprint density at radius 1 is 0.774 bits per heavy atom. The van der Waals surface area contributed by atoms with Crippen molar-refractivity contribution < 1.29 is 14.1 Å². The van der Waals surface area contributed by atoms with E-state index in [0.717, 1.165) is 19.4 Å². The van der Waals surface area contributed by atoms with E-state index in [1.165, 1.54) is 83.5 Å². The van der Waals surface area contributed by atoms with Crippen LogP contribution in [0.15, 0.2) is 30.6 Å². The molecular formula is C27H49N2O2+. The summed E-state index contributed by atoms with van der Waals surface area (Å²) in [6.45, 7) is 3.45. The first kappa shape index (κ1) is 27.6. The molecule has 0 radical (unpaired) electrons. The largest absolute Gasteiger partial charge is 0.466 e. The lowest BCUT2D eigenvalue weighted by Gasteiger charge is -2.09. The predicted molar refractivity (Wildman–Crippen MR) is 130 cm³/mol. The number of carbonyl (C=O) groups excluding carboxylic acids is 1. The molecule has 0 fully saturated rings. The zero-order chi connectivity index (χ0) is 22.4.